The largest absolute Gasteiger partial charge is 0.326 e. The molecule has 0 spiro atoms. The number of nitrogens with zero attached hydrogens (tertiary/aromatic N) is 4. The molecular weight excluding hydrogens is 480 g/mol. The predicted octanol–water partition coefficient (Wildman–Crippen LogP) is 3.23. The molecule has 2 aromatic heterocycles. The average Bonchev–Trinajstić information content (AvgIpc) is 3.39. The van der Waals surface area contributed by atoms with Crippen molar-refractivity contribution in [2.75, 3.05) is 18.4 Å². The first-order valence-electron chi connectivity index (χ1n) is 11.6. The SMILES string of the molecule is C[C@@H](C(=O)Nc1cn2c(n1)CC[C@@H]2c1cc(F)cc(F)c1)N1CCC(F)(F)C(c2c[nH]c(=O)cn2)C1. The van der Waals surface area contributed by atoms with Gasteiger partial charge in [0.15, 0.2) is 5.82 Å². The van der Waals surface area contributed by atoms with Crippen LogP contribution in [0.2, 0.25) is 0 Å². The van der Waals surface area contributed by atoms with E-state index < -0.39 is 47.4 Å². The van der Waals surface area contributed by atoms with Gasteiger partial charge in [-0.1, -0.05) is 0 Å². The first-order chi connectivity index (χ1) is 17.1. The van der Waals surface area contributed by atoms with Gasteiger partial charge in [-0.05, 0) is 31.0 Å². The fourth-order valence-corrected chi connectivity index (χ4v) is 4.97. The second-order valence-corrected chi connectivity index (χ2v) is 9.27. The molecule has 3 aromatic rings. The number of aryl methyl sites for hydroxylation is 1. The highest BCUT2D eigenvalue weighted by atomic mass is 19.3. The standard InChI is InChI=1S/C24H24F4N6O2/c1-13(33-5-4-24(27,28)17(11-33)18-9-30-22(35)10-29-18)23(36)32-20-12-34-19(2-3-21(34)31-20)14-6-15(25)8-16(26)7-14/h6-10,12-13,17,19H,2-5,11H2,1H3,(H,30,35)(H,32,36)/t13-,17?,19+/m0/s1. The second kappa shape index (κ2) is 9.16. The third-order valence-corrected chi connectivity index (χ3v) is 6.94. The summed E-state index contributed by atoms with van der Waals surface area (Å²) in [6.07, 6.45) is 4.51. The van der Waals surface area contributed by atoms with Crippen molar-refractivity contribution in [3.63, 3.8) is 0 Å². The first-order valence-corrected chi connectivity index (χ1v) is 11.6. The maximum atomic E-state index is 14.6. The lowest BCUT2D eigenvalue weighted by Crippen LogP contribution is -2.52. The smallest absolute Gasteiger partial charge is 0.266 e. The zero-order valence-corrected chi connectivity index (χ0v) is 19.3. The summed E-state index contributed by atoms with van der Waals surface area (Å²) in [5, 5.41) is 2.73. The van der Waals surface area contributed by atoms with Gasteiger partial charge in [-0.25, -0.2) is 22.5 Å². The molecule has 0 bridgehead atoms. The number of aromatic amines is 1. The highest BCUT2D eigenvalue weighted by Gasteiger charge is 2.47. The molecule has 0 radical (unpaired) electrons. The van der Waals surface area contributed by atoms with Gasteiger partial charge in [0, 0.05) is 44.4 Å². The van der Waals surface area contributed by atoms with Crippen LogP contribution >= 0.6 is 0 Å². The summed E-state index contributed by atoms with van der Waals surface area (Å²) in [6.45, 7) is 1.51. The van der Waals surface area contributed by atoms with Gasteiger partial charge in [0.1, 0.15) is 17.5 Å². The van der Waals surface area contributed by atoms with Gasteiger partial charge in [-0.2, -0.15) is 0 Å². The lowest BCUT2D eigenvalue weighted by atomic mass is 9.90. The van der Waals surface area contributed by atoms with E-state index in [-0.39, 0.29) is 30.6 Å². The molecular formula is C24H24F4N6O2. The van der Waals surface area contributed by atoms with Crippen molar-refractivity contribution in [1.82, 2.24) is 24.4 Å². The molecule has 0 saturated carbocycles. The number of alkyl halides is 2. The van der Waals surface area contributed by atoms with E-state index in [4.69, 9.17) is 0 Å². The molecule has 5 rings (SSSR count). The topological polar surface area (TPSA) is 95.9 Å². The minimum absolute atomic E-state index is 0.00827. The monoisotopic (exact) mass is 504 g/mol. The minimum Gasteiger partial charge on any atom is -0.326 e. The van der Waals surface area contributed by atoms with Crippen molar-refractivity contribution in [3.8, 4) is 0 Å². The van der Waals surface area contributed by atoms with Crippen molar-refractivity contribution in [2.24, 2.45) is 0 Å². The number of benzene rings is 1. The Kier molecular flexibility index (Phi) is 6.15. The molecule has 12 heteroatoms. The molecule has 1 saturated heterocycles. The van der Waals surface area contributed by atoms with E-state index in [1.54, 1.807) is 22.6 Å². The number of likely N-dealkylation sites (tertiary alicyclic amines) is 1. The van der Waals surface area contributed by atoms with Gasteiger partial charge >= 0.3 is 0 Å². The zero-order valence-electron chi connectivity index (χ0n) is 19.3. The maximum Gasteiger partial charge on any atom is 0.266 e. The van der Waals surface area contributed by atoms with Gasteiger partial charge < -0.3 is 14.9 Å². The van der Waals surface area contributed by atoms with Crippen molar-refractivity contribution in [2.45, 2.75) is 50.1 Å². The van der Waals surface area contributed by atoms with E-state index in [2.05, 4.69) is 20.3 Å². The highest BCUT2D eigenvalue weighted by Crippen LogP contribution is 2.40. The molecule has 2 aliphatic heterocycles. The van der Waals surface area contributed by atoms with Crippen molar-refractivity contribution >= 4 is 11.7 Å². The molecule has 36 heavy (non-hydrogen) atoms. The number of rotatable bonds is 5. The highest BCUT2D eigenvalue weighted by molar-refractivity contribution is 5.93. The van der Waals surface area contributed by atoms with Crippen LogP contribution in [-0.4, -0.2) is 55.4 Å². The van der Waals surface area contributed by atoms with E-state index in [9.17, 15) is 27.2 Å². The Balaban J connectivity index is 1.29. The summed E-state index contributed by atoms with van der Waals surface area (Å²) in [5.74, 6) is -5.10. The molecule has 4 heterocycles. The molecule has 2 N–H and O–H groups in total. The molecule has 1 unspecified atom stereocenters. The summed E-state index contributed by atoms with van der Waals surface area (Å²) < 4.78 is 58.5. The third-order valence-electron chi connectivity index (χ3n) is 6.94. The summed E-state index contributed by atoms with van der Waals surface area (Å²) in [5.41, 5.74) is 0.0486. The van der Waals surface area contributed by atoms with E-state index in [1.807, 2.05) is 0 Å². The molecule has 0 aliphatic carbocycles. The number of piperidine rings is 1. The third kappa shape index (κ3) is 4.64. The first kappa shape index (κ1) is 24.2. The average molecular weight is 504 g/mol. The number of hydrogen-bond acceptors (Lipinski definition) is 5. The predicted molar refractivity (Wildman–Crippen MR) is 122 cm³/mol. The van der Waals surface area contributed by atoms with Crippen molar-refractivity contribution in [3.05, 3.63) is 75.9 Å². The molecule has 8 nitrogen and oxygen atoms in total. The van der Waals surface area contributed by atoms with Gasteiger partial charge in [0.2, 0.25) is 5.91 Å². The Morgan fingerprint density at radius 3 is 2.69 bits per heavy atom. The van der Waals surface area contributed by atoms with Crippen LogP contribution in [0, 0.1) is 11.6 Å². The van der Waals surface area contributed by atoms with Crippen LogP contribution < -0.4 is 10.9 Å². The van der Waals surface area contributed by atoms with Crippen LogP contribution in [0.1, 0.15) is 48.8 Å². The zero-order chi connectivity index (χ0) is 25.6. The van der Waals surface area contributed by atoms with E-state index in [0.717, 1.165) is 12.3 Å². The Morgan fingerprint density at radius 2 is 2.00 bits per heavy atom. The lowest BCUT2D eigenvalue weighted by molar-refractivity contribution is -0.125. The van der Waals surface area contributed by atoms with Gasteiger partial charge in [-0.3, -0.25) is 19.5 Å². The fraction of sp³-hybridized carbons (Fsp3) is 0.417. The molecule has 3 atom stereocenters. The number of aromatic nitrogens is 4. The molecule has 1 fully saturated rings. The minimum atomic E-state index is -3.03. The van der Waals surface area contributed by atoms with Crippen LogP contribution in [0.15, 0.2) is 41.6 Å². The molecule has 1 amide bonds. The van der Waals surface area contributed by atoms with Crippen LogP contribution in [0.25, 0.3) is 0 Å². The summed E-state index contributed by atoms with van der Waals surface area (Å²) in [4.78, 5) is 36.6. The molecule has 190 valence electrons. The number of H-pyrrole nitrogens is 1. The summed E-state index contributed by atoms with van der Waals surface area (Å²) in [6, 6.07) is 2.33. The number of amides is 1. The number of anilines is 1. The van der Waals surface area contributed by atoms with Crippen LogP contribution in [0.3, 0.4) is 0 Å². The lowest BCUT2D eigenvalue weighted by Gasteiger charge is -2.40. The number of carbonyl (C=O) groups excluding carboxylic acids is 1. The van der Waals surface area contributed by atoms with E-state index in [1.165, 1.54) is 18.3 Å². The number of imidazole rings is 1. The quantitative estimate of drug-likeness (QED) is 0.521. The number of hydrogen-bond donors (Lipinski definition) is 2. The van der Waals surface area contributed by atoms with E-state index in [0.29, 0.717) is 24.2 Å². The van der Waals surface area contributed by atoms with E-state index >= 15 is 0 Å². The van der Waals surface area contributed by atoms with Gasteiger partial charge in [-0.15, -0.1) is 0 Å². The Bertz CT molecular complexity index is 1320. The normalized spacial score (nSPS) is 22.2. The Labute approximate surface area is 203 Å². The molecule has 1 aromatic carbocycles. The van der Waals surface area contributed by atoms with Crippen LogP contribution in [-0.2, 0) is 11.2 Å². The van der Waals surface area contributed by atoms with Gasteiger partial charge in [0.25, 0.3) is 11.5 Å². The number of fused-ring (bicyclic) bond motifs is 1. The van der Waals surface area contributed by atoms with Crippen LogP contribution in [0.5, 0.6) is 0 Å². The number of nitrogens with one attached hydrogen (secondary N) is 2. The van der Waals surface area contributed by atoms with Crippen molar-refractivity contribution in [1.29, 1.82) is 0 Å². The number of halogens is 4. The fourth-order valence-electron chi connectivity index (χ4n) is 4.97. The summed E-state index contributed by atoms with van der Waals surface area (Å²) >= 11 is 0. The maximum absolute atomic E-state index is 14.6. The summed E-state index contributed by atoms with van der Waals surface area (Å²) in [7, 11) is 0. The van der Waals surface area contributed by atoms with Crippen molar-refractivity contribution < 1.29 is 22.4 Å². The Hall–Kier alpha value is -3.54. The molecule has 2 aliphatic rings. The number of carbonyl (C=O) groups is 1. The van der Waals surface area contributed by atoms with Gasteiger partial charge in [0.05, 0.1) is 29.9 Å². The second-order valence-electron chi connectivity index (χ2n) is 9.27. The Morgan fingerprint density at radius 1 is 1.25 bits per heavy atom. The van der Waals surface area contributed by atoms with Crippen LogP contribution in [0.4, 0.5) is 23.4 Å².